The Morgan fingerprint density at radius 1 is 0.310 bits per heavy atom. The Labute approximate surface area is 489 Å². The summed E-state index contributed by atoms with van der Waals surface area (Å²) >= 11 is 0. The highest BCUT2D eigenvalue weighted by molar-refractivity contribution is 6.11. The first-order chi connectivity index (χ1) is 41.2. The number of para-hydroxylation sites is 1. The van der Waals surface area contributed by atoms with E-state index in [4.69, 9.17) is 40.6 Å². The van der Waals surface area contributed by atoms with Gasteiger partial charge in [-0.25, -0.2) is 4.98 Å². The zero-order valence-corrected chi connectivity index (χ0v) is 46.2. The molecule has 0 spiro atoms. The summed E-state index contributed by atoms with van der Waals surface area (Å²) < 4.78 is 2.22. The minimum atomic E-state index is -0.240. The second-order valence-electron chi connectivity index (χ2n) is 21.7. The van der Waals surface area contributed by atoms with E-state index in [0.717, 1.165) is 99.7 Å². The van der Waals surface area contributed by atoms with Crippen LogP contribution in [0.25, 0.3) is 128 Å². The van der Waals surface area contributed by atoms with Crippen molar-refractivity contribution in [2.75, 3.05) is 0 Å². The van der Waals surface area contributed by atoms with Crippen LogP contribution in [-0.2, 0) is 5.41 Å². The lowest BCUT2D eigenvalue weighted by molar-refractivity contribution is 0.661. The van der Waals surface area contributed by atoms with Gasteiger partial charge in [0.1, 0.15) is 0 Å². The Kier molecular flexibility index (Phi) is 12.4. The molecule has 14 rings (SSSR count). The van der Waals surface area contributed by atoms with Gasteiger partial charge in [0.25, 0.3) is 0 Å². The van der Waals surface area contributed by atoms with Crippen molar-refractivity contribution in [3.05, 3.63) is 276 Å². The first kappa shape index (κ1) is 50.7. The molecule has 4 nitrogen and oxygen atoms in total. The Bertz CT molecular complexity index is 4960. The molecule has 0 fully saturated rings. The molecule has 0 atom stereocenters. The van der Waals surface area contributed by atoms with Crippen LogP contribution in [0.4, 0.5) is 0 Å². The average Bonchev–Trinajstić information content (AvgIpc) is 2.41. The molecule has 1 aliphatic carbocycles. The van der Waals surface area contributed by atoms with Gasteiger partial charge in [0, 0.05) is 49.6 Å². The molecule has 0 saturated heterocycles. The molecular weight excluding hydrogens is 1020 g/mol. The van der Waals surface area contributed by atoms with E-state index >= 15 is 0 Å². The molecule has 0 aliphatic heterocycles. The second kappa shape index (κ2) is 20.5. The first-order valence-electron chi connectivity index (χ1n) is 27.9. The largest absolute Gasteiger partial charge is 0.278 e. The molecule has 84 heavy (non-hydrogen) atoms. The second-order valence-corrected chi connectivity index (χ2v) is 21.7. The summed E-state index contributed by atoms with van der Waals surface area (Å²) in [5.41, 5.74) is 22.4. The summed E-state index contributed by atoms with van der Waals surface area (Å²) in [6, 6.07) is 84.8. The third-order valence-electron chi connectivity index (χ3n) is 16.6. The van der Waals surface area contributed by atoms with E-state index < -0.39 is 0 Å². The fraction of sp³-hybridized carbons (Fsp3) is 0.0375. The summed E-state index contributed by atoms with van der Waals surface area (Å²) in [4.78, 5) is 16.5. The summed E-state index contributed by atoms with van der Waals surface area (Å²) in [7, 11) is 0. The van der Waals surface area contributed by atoms with Crippen LogP contribution in [0.5, 0.6) is 0 Å². The van der Waals surface area contributed by atoms with Crippen molar-refractivity contribution in [1.82, 2.24) is 19.5 Å². The summed E-state index contributed by atoms with van der Waals surface area (Å²) in [5.74, 6) is 13.0. The van der Waals surface area contributed by atoms with E-state index in [0.29, 0.717) is 39.9 Å². The van der Waals surface area contributed by atoms with Crippen LogP contribution in [0, 0.1) is 49.4 Å². The lowest BCUT2D eigenvalue weighted by Crippen LogP contribution is -2.15. The van der Waals surface area contributed by atoms with Crippen LogP contribution in [0.15, 0.2) is 243 Å². The van der Waals surface area contributed by atoms with Gasteiger partial charge in [0.15, 0.2) is 11.6 Å². The first-order valence-corrected chi connectivity index (χ1v) is 27.9. The number of aromatic nitrogens is 4. The zero-order chi connectivity index (χ0) is 57.1. The van der Waals surface area contributed by atoms with E-state index in [2.05, 4.69) is 218 Å². The molecule has 2 aromatic heterocycles. The number of nitrogens with zero attached hydrogens (tertiary/aromatic N) is 4. The number of fused-ring (bicyclic) bond motifs is 6. The van der Waals surface area contributed by atoms with Gasteiger partial charge in [-0.15, -0.1) is 25.7 Å². The predicted molar refractivity (Wildman–Crippen MR) is 347 cm³/mol. The zero-order valence-electron chi connectivity index (χ0n) is 46.2. The quantitative estimate of drug-likeness (QED) is 0.135. The molecule has 0 N–H and O–H groups in total. The summed E-state index contributed by atoms with van der Waals surface area (Å²) in [5, 5.41) is 2.23. The van der Waals surface area contributed by atoms with E-state index in [-0.39, 0.29) is 5.41 Å². The lowest BCUT2D eigenvalue weighted by atomic mass is 9.82. The number of benzene rings is 11. The van der Waals surface area contributed by atoms with Crippen molar-refractivity contribution in [3.8, 4) is 156 Å². The summed E-state index contributed by atoms with van der Waals surface area (Å²) in [6.07, 6.45) is 24.9. The Balaban J connectivity index is 1.06. The molecule has 11 aromatic carbocycles. The van der Waals surface area contributed by atoms with E-state index in [1.165, 1.54) is 22.3 Å². The predicted octanol–water partition coefficient (Wildman–Crippen LogP) is 18.5. The Morgan fingerprint density at radius 3 is 1.39 bits per heavy atom. The maximum atomic E-state index is 6.37. The van der Waals surface area contributed by atoms with Crippen LogP contribution in [0.2, 0.25) is 0 Å². The molecule has 0 amide bonds. The van der Waals surface area contributed by atoms with Crippen molar-refractivity contribution in [2.45, 2.75) is 19.3 Å². The smallest absolute Gasteiger partial charge is 0.238 e. The van der Waals surface area contributed by atoms with E-state index in [9.17, 15) is 0 Å². The van der Waals surface area contributed by atoms with Gasteiger partial charge in [0.2, 0.25) is 5.95 Å². The highest BCUT2D eigenvalue weighted by Crippen LogP contribution is 2.51. The maximum Gasteiger partial charge on any atom is 0.238 e. The number of rotatable bonds is 9. The van der Waals surface area contributed by atoms with E-state index in [1.54, 1.807) is 0 Å². The van der Waals surface area contributed by atoms with Gasteiger partial charge >= 0.3 is 0 Å². The Hall–Kier alpha value is -11.5. The number of hydrogen-bond donors (Lipinski definition) is 0. The van der Waals surface area contributed by atoms with Gasteiger partial charge in [-0.05, 0) is 162 Å². The SMILES string of the molecule is C#Cc1cccc(-c2ccc(-c3cc(-c4cc(-c5ccccc5)cc(-c5ccccc5)c4)cc(-c4nc(-c5ccccc5)nc(-n5c6ccccc6c6cc7c(cc65)C(C)(C)c5ccccc5-7)n4)c3)cc2-c2cccc(C#C)c2C#C)c1C#C. The van der Waals surface area contributed by atoms with Crippen molar-refractivity contribution in [2.24, 2.45) is 0 Å². The molecular formula is C80H50N4. The van der Waals surface area contributed by atoms with Crippen LogP contribution in [-0.4, -0.2) is 19.5 Å². The molecule has 0 radical (unpaired) electrons. The highest BCUT2D eigenvalue weighted by Gasteiger charge is 2.36. The fourth-order valence-corrected chi connectivity index (χ4v) is 12.5. The molecule has 0 unspecified atom stereocenters. The third kappa shape index (κ3) is 8.55. The molecule has 4 heteroatoms. The minimum Gasteiger partial charge on any atom is -0.278 e. The van der Waals surface area contributed by atoms with Gasteiger partial charge in [-0.2, -0.15) is 9.97 Å². The van der Waals surface area contributed by atoms with Crippen LogP contribution < -0.4 is 0 Å². The van der Waals surface area contributed by atoms with Gasteiger partial charge in [-0.1, -0.05) is 207 Å². The monoisotopic (exact) mass is 1070 g/mol. The van der Waals surface area contributed by atoms with Gasteiger partial charge < -0.3 is 0 Å². The maximum absolute atomic E-state index is 6.37. The number of hydrogen-bond acceptors (Lipinski definition) is 3. The minimum absolute atomic E-state index is 0.240. The van der Waals surface area contributed by atoms with Crippen LogP contribution >= 0.6 is 0 Å². The summed E-state index contributed by atoms with van der Waals surface area (Å²) in [6.45, 7) is 4.64. The van der Waals surface area contributed by atoms with Crippen molar-refractivity contribution in [3.63, 3.8) is 0 Å². The van der Waals surface area contributed by atoms with Gasteiger partial charge in [0.05, 0.1) is 11.0 Å². The molecule has 0 saturated carbocycles. The third-order valence-corrected chi connectivity index (χ3v) is 16.6. The molecule has 2 heterocycles. The average molecular weight is 1070 g/mol. The molecule has 13 aromatic rings. The van der Waals surface area contributed by atoms with Crippen molar-refractivity contribution >= 4 is 21.8 Å². The van der Waals surface area contributed by atoms with Crippen molar-refractivity contribution < 1.29 is 0 Å². The number of terminal acetylenes is 4. The van der Waals surface area contributed by atoms with Crippen LogP contribution in [0.3, 0.4) is 0 Å². The highest BCUT2D eigenvalue weighted by atomic mass is 15.2. The molecule has 1 aliphatic rings. The van der Waals surface area contributed by atoms with Crippen LogP contribution in [0.1, 0.15) is 47.2 Å². The lowest BCUT2D eigenvalue weighted by Gasteiger charge is -2.21. The van der Waals surface area contributed by atoms with Crippen molar-refractivity contribution in [1.29, 1.82) is 0 Å². The standard InChI is InChI=1S/C80H50N4/c1-7-51-32-24-36-65(63(51)9-3)67-41-40-56(48-70(67)66-37-25-33-52(8-2)64(66)10-4)59-45-61(60-43-57(53-26-14-11-15-27-53)42-58(44-60)54-28-16-12-17-29-54)47-62(46-59)78-81-77(55-30-18-13-19-31-55)82-79(83-78)84-75-39-23-21-35-69(75)72-49-71-68-34-20-22-38-73(68)80(5,6)74(71)50-76(72)84/h1-4,11-50H,5-6H3. The fourth-order valence-electron chi connectivity index (χ4n) is 12.5. The van der Waals surface area contributed by atoms with Gasteiger partial charge in [-0.3, -0.25) is 4.57 Å². The normalized spacial score (nSPS) is 12.0. The molecule has 390 valence electrons. The topological polar surface area (TPSA) is 43.6 Å². The molecule has 0 bridgehead atoms. The van der Waals surface area contributed by atoms with E-state index in [1.807, 2.05) is 66.7 Å². The Morgan fingerprint density at radius 2 is 0.798 bits per heavy atom.